The van der Waals surface area contributed by atoms with E-state index in [1.807, 2.05) is 12.1 Å². The monoisotopic (exact) mass is 299 g/mol. The third kappa shape index (κ3) is 3.45. The zero-order chi connectivity index (χ0) is 15.4. The topological polar surface area (TPSA) is 38.3 Å². The van der Waals surface area contributed by atoms with Crippen molar-refractivity contribution in [2.24, 2.45) is 0 Å². The minimum atomic E-state index is -0.324. The van der Waals surface area contributed by atoms with Crippen LogP contribution in [0, 0.1) is 5.82 Å². The van der Waals surface area contributed by atoms with E-state index in [-0.39, 0.29) is 24.4 Å². The number of aryl methyl sites for hydroxylation is 1. The predicted molar refractivity (Wildman–Crippen MR) is 82.2 cm³/mol. The van der Waals surface area contributed by atoms with Crippen molar-refractivity contribution in [1.82, 2.24) is 5.32 Å². The molecule has 3 nitrogen and oxygen atoms in total. The van der Waals surface area contributed by atoms with Crippen molar-refractivity contribution in [1.29, 1.82) is 0 Å². The average molecular weight is 299 g/mol. The molecule has 1 aliphatic carbocycles. The van der Waals surface area contributed by atoms with Crippen LogP contribution in [0.4, 0.5) is 4.39 Å². The number of amides is 1. The number of benzene rings is 2. The van der Waals surface area contributed by atoms with Gasteiger partial charge in [-0.25, -0.2) is 4.39 Å². The summed E-state index contributed by atoms with van der Waals surface area (Å²) in [5.74, 6) is 0.00207. The van der Waals surface area contributed by atoms with Gasteiger partial charge in [-0.1, -0.05) is 24.3 Å². The van der Waals surface area contributed by atoms with Crippen LogP contribution in [0.2, 0.25) is 0 Å². The maximum Gasteiger partial charge on any atom is 0.258 e. The second kappa shape index (κ2) is 6.60. The molecule has 114 valence electrons. The molecule has 0 saturated carbocycles. The molecule has 0 heterocycles. The number of nitrogens with one attached hydrogen (secondary N) is 1. The van der Waals surface area contributed by atoms with Crippen molar-refractivity contribution in [3.8, 4) is 5.75 Å². The summed E-state index contributed by atoms with van der Waals surface area (Å²) >= 11 is 0. The van der Waals surface area contributed by atoms with Gasteiger partial charge in [0, 0.05) is 0 Å². The summed E-state index contributed by atoms with van der Waals surface area (Å²) in [5.41, 5.74) is 2.50. The third-order valence-electron chi connectivity index (χ3n) is 3.89. The Kier molecular flexibility index (Phi) is 4.37. The maximum absolute atomic E-state index is 12.8. The van der Waals surface area contributed by atoms with E-state index >= 15 is 0 Å². The van der Waals surface area contributed by atoms with E-state index in [1.165, 1.54) is 35.4 Å². The van der Waals surface area contributed by atoms with E-state index in [0.29, 0.717) is 5.75 Å². The fraction of sp³-hybridized carbons (Fsp3) is 0.278. The summed E-state index contributed by atoms with van der Waals surface area (Å²) in [4.78, 5) is 12.1. The van der Waals surface area contributed by atoms with Crippen molar-refractivity contribution in [3.63, 3.8) is 0 Å². The first-order chi connectivity index (χ1) is 10.7. The van der Waals surface area contributed by atoms with Gasteiger partial charge in [0.25, 0.3) is 5.91 Å². The lowest BCUT2D eigenvalue weighted by Crippen LogP contribution is -2.34. The highest BCUT2D eigenvalue weighted by molar-refractivity contribution is 5.78. The molecule has 0 saturated heterocycles. The molecule has 3 rings (SSSR count). The Morgan fingerprint density at radius 3 is 2.77 bits per heavy atom. The van der Waals surface area contributed by atoms with Crippen LogP contribution in [0.1, 0.15) is 30.0 Å². The number of fused-ring (bicyclic) bond motifs is 1. The lowest BCUT2D eigenvalue weighted by atomic mass is 9.88. The van der Waals surface area contributed by atoms with Gasteiger partial charge in [-0.15, -0.1) is 0 Å². The Morgan fingerprint density at radius 1 is 1.18 bits per heavy atom. The lowest BCUT2D eigenvalue weighted by Gasteiger charge is -2.26. The summed E-state index contributed by atoms with van der Waals surface area (Å²) in [6.07, 6.45) is 3.08. The Hall–Kier alpha value is -2.36. The standard InChI is InChI=1S/C18H18FNO2/c19-14-8-10-15(11-9-14)22-12-18(21)20-17-7-3-5-13-4-1-2-6-16(13)17/h1-2,4,6,8-11,17H,3,5,7,12H2,(H,20,21)/t17-/m1/s1. The minimum Gasteiger partial charge on any atom is -0.484 e. The van der Waals surface area contributed by atoms with Crippen LogP contribution in [-0.4, -0.2) is 12.5 Å². The number of carbonyl (C=O) groups excluding carboxylic acids is 1. The zero-order valence-electron chi connectivity index (χ0n) is 12.2. The van der Waals surface area contributed by atoms with Gasteiger partial charge in [0.15, 0.2) is 6.61 Å². The molecule has 2 aromatic carbocycles. The van der Waals surface area contributed by atoms with Crippen molar-refractivity contribution < 1.29 is 13.9 Å². The van der Waals surface area contributed by atoms with Crippen LogP contribution in [0.5, 0.6) is 5.75 Å². The first-order valence-corrected chi connectivity index (χ1v) is 7.48. The third-order valence-corrected chi connectivity index (χ3v) is 3.89. The van der Waals surface area contributed by atoms with Crippen molar-refractivity contribution in [3.05, 3.63) is 65.5 Å². The first kappa shape index (κ1) is 14.6. The molecule has 1 atom stereocenters. The van der Waals surface area contributed by atoms with Crippen LogP contribution in [0.15, 0.2) is 48.5 Å². The average Bonchev–Trinajstić information content (AvgIpc) is 2.55. The van der Waals surface area contributed by atoms with Gasteiger partial charge in [-0.05, 0) is 54.7 Å². The molecule has 2 aromatic rings. The van der Waals surface area contributed by atoms with Crippen molar-refractivity contribution >= 4 is 5.91 Å². The van der Waals surface area contributed by atoms with Crippen LogP contribution < -0.4 is 10.1 Å². The second-order valence-corrected chi connectivity index (χ2v) is 5.45. The number of ether oxygens (including phenoxy) is 1. The normalized spacial score (nSPS) is 16.7. The Balaban J connectivity index is 1.57. The summed E-state index contributed by atoms with van der Waals surface area (Å²) in [7, 11) is 0. The molecule has 22 heavy (non-hydrogen) atoms. The van der Waals surface area contributed by atoms with Crippen molar-refractivity contribution in [2.45, 2.75) is 25.3 Å². The van der Waals surface area contributed by atoms with E-state index < -0.39 is 0 Å². The quantitative estimate of drug-likeness (QED) is 0.939. The van der Waals surface area contributed by atoms with Gasteiger partial charge >= 0.3 is 0 Å². The molecule has 1 N–H and O–H groups in total. The Morgan fingerprint density at radius 2 is 1.95 bits per heavy atom. The number of hydrogen-bond donors (Lipinski definition) is 1. The molecular weight excluding hydrogens is 281 g/mol. The predicted octanol–water partition coefficient (Wildman–Crippen LogP) is 3.40. The molecule has 4 heteroatoms. The molecular formula is C18H18FNO2. The number of carbonyl (C=O) groups is 1. The van der Waals surface area contributed by atoms with Crippen LogP contribution in [-0.2, 0) is 11.2 Å². The molecule has 0 unspecified atom stereocenters. The van der Waals surface area contributed by atoms with Gasteiger partial charge in [0.05, 0.1) is 6.04 Å². The largest absolute Gasteiger partial charge is 0.484 e. The highest BCUT2D eigenvalue weighted by Gasteiger charge is 2.21. The molecule has 0 aliphatic heterocycles. The van der Waals surface area contributed by atoms with E-state index in [9.17, 15) is 9.18 Å². The van der Waals surface area contributed by atoms with E-state index in [0.717, 1.165) is 19.3 Å². The summed E-state index contributed by atoms with van der Waals surface area (Å²) in [5, 5.41) is 3.02. The number of hydrogen-bond acceptors (Lipinski definition) is 2. The molecule has 1 amide bonds. The molecule has 0 aromatic heterocycles. The smallest absolute Gasteiger partial charge is 0.258 e. The van der Waals surface area contributed by atoms with E-state index in [4.69, 9.17) is 4.74 Å². The molecule has 0 fully saturated rings. The second-order valence-electron chi connectivity index (χ2n) is 5.45. The van der Waals surface area contributed by atoms with Gasteiger partial charge in [-0.3, -0.25) is 4.79 Å². The minimum absolute atomic E-state index is 0.0502. The van der Waals surface area contributed by atoms with Gasteiger partial charge < -0.3 is 10.1 Å². The van der Waals surface area contributed by atoms with Crippen molar-refractivity contribution in [2.75, 3.05) is 6.61 Å². The molecule has 1 aliphatic rings. The Labute approximate surface area is 129 Å². The highest BCUT2D eigenvalue weighted by Crippen LogP contribution is 2.29. The van der Waals surface area contributed by atoms with Gasteiger partial charge in [-0.2, -0.15) is 0 Å². The summed E-state index contributed by atoms with van der Waals surface area (Å²) < 4.78 is 18.2. The number of rotatable bonds is 4. The summed E-state index contributed by atoms with van der Waals surface area (Å²) in [6.45, 7) is -0.0652. The first-order valence-electron chi connectivity index (χ1n) is 7.48. The van der Waals surface area contributed by atoms with E-state index in [2.05, 4.69) is 17.4 Å². The zero-order valence-corrected chi connectivity index (χ0v) is 12.2. The van der Waals surface area contributed by atoms with Crippen LogP contribution in [0.25, 0.3) is 0 Å². The van der Waals surface area contributed by atoms with E-state index in [1.54, 1.807) is 0 Å². The van der Waals surface area contributed by atoms with Gasteiger partial charge in [0.2, 0.25) is 0 Å². The van der Waals surface area contributed by atoms with Gasteiger partial charge in [0.1, 0.15) is 11.6 Å². The Bertz CT molecular complexity index is 654. The molecule has 0 spiro atoms. The van der Waals surface area contributed by atoms with Crippen LogP contribution >= 0.6 is 0 Å². The van der Waals surface area contributed by atoms with Crippen LogP contribution in [0.3, 0.4) is 0 Å². The molecule has 0 radical (unpaired) electrons. The fourth-order valence-corrected chi connectivity index (χ4v) is 2.82. The SMILES string of the molecule is O=C(COc1ccc(F)cc1)N[C@@H]1CCCc2ccccc21. The maximum atomic E-state index is 12.8. The fourth-order valence-electron chi connectivity index (χ4n) is 2.82. The summed E-state index contributed by atoms with van der Waals surface area (Å²) in [6, 6.07) is 13.9. The lowest BCUT2D eigenvalue weighted by molar-refractivity contribution is -0.123. The molecule has 0 bridgehead atoms. The number of halogens is 1. The highest BCUT2D eigenvalue weighted by atomic mass is 19.1.